The molecule has 88 valence electrons. The van der Waals surface area contributed by atoms with Crippen molar-refractivity contribution in [2.24, 2.45) is 11.8 Å². The van der Waals surface area contributed by atoms with E-state index >= 15 is 0 Å². The minimum Gasteiger partial charge on any atom is -0.383 e. The summed E-state index contributed by atoms with van der Waals surface area (Å²) < 4.78 is 4.27. The molecule has 0 aromatic carbocycles. The van der Waals surface area contributed by atoms with Crippen molar-refractivity contribution in [1.29, 1.82) is 0 Å². The molecule has 0 bridgehead atoms. The van der Waals surface area contributed by atoms with Gasteiger partial charge in [-0.2, -0.15) is 4.37 Å². The fourth-order valence-electron chi connectivity index (χ4n) is 2.10. The minimum atomic E-state index is 0.719. The van der Waals surface area contributed by atoms with Crippen molar-refractivity contribution in [2.75, 3.05) is 23.7 Å². The molecule has 0 saturated heterocycles. The van der Waals surface area contributed by atoms with Gasteiger partial charge in [0.25, 0.3) is 0 Å². The summed E-state index contributed by atoms with van der Waals surface area (Å²) in [6, 6.07) is 0. The van der Waals surface area contributed by atoms with Crippen molar-refractivity contribution in [3.63, 3.8) is 0 Å². The second kappa shape index (κ2) is 3.91. The molecule has 0 aliphatic heterocycles. The maximum atomic E-state index is 5.84. The van der Waals surface area contributed by atoms with Gasteiger partial charge in [-0.3, -0.25) is 0 Å². The molecular weight excluding hydrogens is 218 g/mol. The summed E-state index contributed by atoms with van der Waals surface area (Å²) in [7, 11) is 0. The number of hydrogen-bond donors (Lipinski definition) is 1. The Balaban J connectivity index is 1.76. The highest BCUT2D eigenvalue weighted by Gasteiger charge is 2.30. The zero-order valence-corrected chi connectivity index (χ0v) is 10.6. The summed E-state index contributed by atoms with van der Waals surface area (Å²) in [5, 5.41) is 1.32. The smallest absolute Gasteiger partial charge is 0.142 e. The molecule has 0 spiro atoms. The summed E-state index contributed by atoms with van der Waals surface area (Å²) in [5.74, 6) is 2.58. The average molecular weight is 237 g/mol. The molecule has 2 aliphatic carbocycles. The third kappa shape index (κ3) is 2.17. The Kier molecular flexibility index (Phi) is 2.54. The van der Waals surface area contributed by atoms with E-state index in [-0.39, 0.29) is 0 Å². The summed E-state index contributed by atoms with van der Waals surface area (Å²) in [6.07, 6.45) is 5.64. The van der Waals surface area contributed by atoms with Crippen LogP contribution >= 0.6 is 11.5 Å². The van der Waals surface area contributed by atoms with Crippen LogP contribution in [-0.4, -0.2) is 17.5 Å². The van der Waals surface area contributed by atoms with Crippen LogP contribution in [0.2, 0.25) is 0 Å². The number of nitrogens with two attached hydrogens (primary N) is 1. The molecule has 16 heavy (non-hydrogen) atoms. The lowest BCUT2D eigenvalue weighted by molar-refractivity contribution is 0.683. The molecule has 1 aromatic rings. The monoisotopic (exact) mass is 237 g/mol. The minimum absolute atomic E-state index is 0.719. The van der Waals surface area contributed by atoms with Crippen LogP contribution in [0.15, 0.2) is 0 Å². The van der Waals surface area contributed by atoms with Gasteiger partial charge in [-0.15, -0.1) is 0 Å². The molecule has 2 aliphatic rings. The van der Waals surface area contributed by atoms with Gasteiger partial charge in [-0.25, -0.2) is 0 Å². The van der Waals surface area contributed by atoms with Crippen LogP contribution in [0.5, 0.6) is 0 Å². The molecule has 0 unspecified atom stereocenters. The first-order valence-electron chi connectivity index (χ1n) is 6.20. The number of aromatic nitrogens is 1. The number of anilines is 2. The first kappa shape index (κ1) is 10.4. The Morgan fingerprint density at radius 1 is 1.25 bits per heavy atom. The highest BCUT2D eigenvalue weighted by atomic mass is 32.1. The molecule has 2 fully saturated rings. The number of rotatable bonds is 5. The standard InChI is InChI=1S/C12H19N3S/c1-8-11(13)14-16-12(8)15(6-9-2-3-9)7-10-4-5-10/h9-10H,2-7H2,1H3,(H2,13,14). The van der Waals surface area contributed by atoms with Crippen LogP contribution in [-0.2, 0) is 0 Å². The molecule has 2 N–H and O–H groups in total. The Morgan fingerprint density at radius 2 is 1.81 bits per heavy atom. The number of hydrogen-bond acceptors (Lipinski definition) is 4. The van der Waals surface area contributed by atoms with E-state index in [4.69, 9.17) is 5.73 Å². The van der Waals surface area contributed by atoms with Gasteiger partial charge >= 0.3 is 0 Å². The van der Waals surface area contributed by atoms with E-state index in [0.717, 1.165) is 17.7 Å². The van der Waals surface area contributed by atoms with Gasteiger partial charge in [0.15, 0.2) is 0 Å². The summed E-state index contributed by atoms with van der Waals surface area (Å²) in [4.78, 5) is 2.54. The summed E-state index contributed by atoms with van der Waals surface area (Å²) >= 11 is 1.57. The second-order valence-corrected chi connectivity index (χ2v) is 6.04. The van der Waals surface area contributed by atoms with E-state index in [1.165, 1.54) is 49.3 Å². The predicted octanol–water partition coefficient (Wildman–Crippen LogP) is 2.66. The molecule has 4 heteroatoms. The molecule has 1 heterocycles. The number of nitrogen functional groups attached to an aromatic ring is 1. The van der Waals surface area contributed by atoms with E-state index in [0.29, 0.717) is 0 Å². The topological polar surface area (TPSA) is 42.1 Å². The normalized spacial score (nSPS) is 20.1. The van der Waals surface area contributed by atoms with Gasteiger partial charge in [-0.05, 0) is 56.0 Å². The predicted molar refractivity (Wildman–Crippen MR) is 68.9 cm³/mol. The Bertz CT molecular complexity index is 366. The molecule has 0 amide bonds. The fourth-order valence-corrected chi connectivity index (χ4v) is 2.93. The zero-order valence-electron chi connectivity index (χ0n) is 9.78. The lowest BCUT2D eigenvalue weighted by atomic mass is 10.2. The van der Waals surface area contributed by atoms with Crippen LogP contribution in [0.1, 0.15) is 31.2 Å². The molecule has 3 nitrogen and oxygen atoms in total. The first-order chi connectivity index (χ1) is 7.74. The van der Waals surface area contributed by atoms with Gasteiger partial charge < -0.3 is 10.6 Å². The third-order valence-corrected chi connectivity index (χ3v) is 4.60. The largest absolute Gasteiger partial charge is 0.383 e. The maximum Gasteiger partial charge on any atom is 0.142 e. The quantitative estimate of drug-likeness (QED) is 0.856. The Morgan fingerprint density at radius 3 is 2.19 bits per heavy atom. The molecule has 2 saturated carbocycles. The molecule has 1 aromatic heterocycles. The average Bonchev–Trinajstić information content (AvgIpc) is 3.13. The number of nitrogens with zero attached hydrogens (tertiary/aromatic N) is 2. The highest BCUT2D eigenvalue weighted by molar-refractivity contribution is 7.10. The summed E-state index contributed by atoms with van der Waals surface area (Å²) in [6.45, 7) is 4.54. The Hall–Kier alpha value is -0.770. The molecule has 0 radical (unpaired) electrons. The van der Waals surface area contributed by atoms with Crippen LogP contribution in [0.25, 0.3) is 0 Å². The zero-order chi connectivity index (χ0) is 11.1. The molecular formula is C12H19N3S. The fraction of sp³-hybridized carbons (Fsp3) is 0.750. The molecule has 3 rings (SSSR count). The first-order valence-corrected chi connectivity index (χ1v) is 6.98. The SMILES string of the molecule is Cc1c(N)nsc1N(CC1CC1)CC1CC1. The van der Waals surface area contributed by atoms with Crippen LogP contribution in [0, 0.1) is 18.8 Å². The molecule has 0 atom stereocenters. The van der Waals surface area contributed by atoms with Gasteiger partial charge in [0.2, 0.25) is 0 Å². The van der Waals surface area contributed by atoms with E-state index < -0.39 is 0 Å². The van der Waals surface area contributed by atoms with E-state index in [1.54, 1.807) is 11.5 Å². The lowest BCUT2D eigenvalue weighted by Gasteiger charge is -2.23. The van der Waals surface area contributed by atoms with Gasteiger partial charge in [0.05, 0.1) is 0 Å². The van der Waals surface area contributed by atoms with Crippen molar-refractivity contribution < 1.29 is 0 Å². The third-order valence-electron chi connectivity index (χ3n) is 3.57. The van der Waals surface area contributed by atoms with Crippen LogP contribution in [0.4, 0.5) is 10.8 Å². The van der Waals surface area contributed by atoms with Crippen LogP contribution in [0.3, 0.4) is 0 Å². The Labute approximate surface area is 101 Å². The van der Waals surface area contributed by atoms with Crippen LogP contribution < -0.4 is 10.6 Å². The van der Waals surface area contributed by atoms with Gasteiger partial charge in [0.1, 0.15) is 10.8 Å². The van der Waals surface area contributed by atoms with E-state index in [1.807, 2.05) is 0 Å². The van der Waals surface area contributed by atoms with Crippen molar-refractivity contribution in [3.8, 4) is 0 Å². The second-order valence-electron chi connectivity index (χ2n) is 5.29. The van der Waals surface area contributed by atoms with Crippen molar-refractivity contribution >= 4 is 22.4 Å². The summed E-state index contributed by atoms with van der Waals surface area (Å²) in [5.41, 5.74) is 7.03. The van der Waals surface area contributed by atoms with Crippen molar-refractivity contribution in [2.45, 2.75) is 32.6 Å². The van der Waals surface area contributed by atoms with Crippen molar-refractivity contribution in [1.82, 2.24) is 4.37 Å². The van der Waals surface area contributed by atoms with E-state index in [2.05, 4.69) is 16.2 Å². The van der Waals surface area contributed by atoms with Crippen molar-refractivity contribution in [3.05, 3.63) is 5.56 Å². The lowest BCUT2D eigenvalue weighted by Crippen LogP contribution is -2.27. The maximum absolute atomic E-state index is 5.84. The van der Waals surface area contributed by atoms with E-state index in [9.17, 15) is 0 Å². The van der Waals surface area contributed by atoms with Gasteiger partial charge in [-0.1, -0.05) is 0 Å². The highest BCUT2D eigenvalue weighted by Crippen LogP contribution is 2.38. The van der Waals surface area contributed by atoms with Gasteiger partial charge in [0, 0.05) is 18.7 Å².